The molecule has 2 rings (SSSR count). The molecule has 2 aromatic rings. The van der Waals surface area contributed by atoms with Gasteiger partial charge < -0.3 is 0 Å². The molecular weight excluding hydrogens is 154 g/mol. The molecule has 0 unspecified atom stereocenters. The molecule has 0 N–H and O–H groups in total. The minimum Gasteiger partial charge on any atom is -0.244 e. The van der Waals surface area contributed by atoms with Crippen molar-refractivity contribution < 1.29 is 0 Å². The molecule has 0 aliphatic rings. The summed E-state index contributed by atoms with van der Waals surface area (Å²) in [4.78, 5) is 7.73. The molecule has 0 saturated carbocycles. The molecule has 0 aromatic carbocycles. The van der Waals surface area contributed by atoms with Crippen LogP contribution in [0.15, 0.2) is 12.5 Å². The van der Waals surface area contributed by atoms with Gasteiger partial charge in [-0.15, -0.1) is 5.10 Å². The van der Waals surface area contributed by atoms with Gasteiger partial charge >= 0.3 is 0 Å². The Bertz CT molecular complexity index is 353. The Labute approximate surface area is 70.4 Å². The summed E-state index contributed by atoms with van der Waals surface area (Å²) in [6, 6.07) is 0. The van der Waals surface area contributed by atoms with E-state index in [2.05, 4.69) is 20.3 Å². The molecule has 5 heteroatoms. The molecule has 0 aliphatic carbocycles. The Morgan fingerprint density at radius 1 is 1.33 bits per heavy atom. The zero-order valence-corrected chi connectivity index (χ0v) is 7.39. The van der Waals surface area contributed by atoms with Gasteiger partial charge in [-0.2, -0.15) is 0 Å². The molecule has 5 nitrogen and oxygen atoms in total. The SMILES string of the molecule is CC.Cn1nnc2ncncc21. The number of aryl methyl sites for hydroxylation is 1. The summed E-state index contributed by atoms with van der Waals surface area (Å²) in [5.74, 6) is 0. The van der Waals surface area contributed by atoms with E-state index >= 15 is 0 Å². The van der Waals surface area contributed by atoms with Crippen LogP contribution in [-0.4, -0.2) is 25.0 Å². The maximum Gasteiger partial charge on any atom is 0.204 e. The number of hydrogen-bond acceptors (Lipinski definition) is 4. The van der Waals surface area contributed by atoms with E-state index in [4.69, 9.17) is 0 Å². The van der Waals surface area contributed by atoms with Gasteiger partial charge in [0.15, 0.2) is 0 Å². The smallest absolute Gasteiger partial charge is 0.204 e. The van der Waals surface area contributed by atoms with Crippen molar-refractivity contribution in [2.24, 2.45) is 7.05 Å². The number of rotatable bonds is 0. The van der Waals surface area contributed by atoms with E-state index in [0.29, 0.717) is 5.65 Å². The number of hydrogen-bond donors (Lipinski definition) is 0. The van der Waals surface area contributed by atoms with Crippen LogP contribution >= 0.6 is 0 Å². The summed E-state index contributed by atoms with van der Waals surface area (Å²) < 4.78 is 1.63. The average Bonchev–Trinajstić information content (AvgIpc) is 2.53. The second kappa shape index (κ2) is 3.75. The molecule has 0 radical (unpaired) electrons. The summed E-state index contributed by atoms with van der Waals surface area (Å²) in [7, 11) is 1.80. The highest BCUT2D eigenvalue weighted by atomic mass is 15.4. The third kappa shape index (κ3) is 1.39. The summed E-state index contributed by atoms with van der Waals surface area (Å²) in [5.41, 5.74) is 1.49. The molecule has 0 amide bonds. The topological polar surface area (TPSA) is 56.5 Å². The Hall–Kier alpha value is -1.52. The second-order valence-electron chi connectivity index (χ2n) is 1.94. The molecule has 0 bridgehead atoms. The Kier molecular flexibility index (Phi) is 2.68. The summed E-state index contributed by atoms with van der Waals surface area (Å²) >= 11 is 0. The molecule has 0 aliphatic heterocycles. The monoisotopic (exact) mass is 165 g/mol. The van der Waals surface area contributed by atoms with Crippen molar-refractivity contribution in [3.63, 3.8) is 0 Å². The van der Waals surface area contributed by atoms with Crippen LogP contribution in [-0.2, 0) is 7.05 Å². The fourth-order valence-electron chi connectivity index (χ4n) is 0.779. The predicted molar refractivity (Wildman–Crippen MR) is 45.4 cm³/mol. The molecule has 2 aromatic heterocycles. The van der Waals surface area contributed by atoms with Gasteiger partial charge in [0.05, 0.1) is 6.20 Å². The van der Waals surface area contributed by atoms with Crippen molar-refractivity contribution in [1.82, 2.24) is 25.0 Å². The first-order chi connectivity index (χ1) is 5.88. The van der Waals surface area contributed by atoms with Crippen LogP contribution in [0.25, 0.3) is 11.2 Å². The van der Waals surface area contributed by atoms with E-state index in [9.17, 15) is 0 Å². The van der Waals surface area contributed by atoms with Gasteiger partial charge in [-0.3, -0.25) is 0 Å². The van der Waals surface area contributed by atoms with E-state index in [1.54, 1.807) is 17.9 Å². The highest BCUT2D eigenvalue weighted by Gasteiger charge is 1.98. The van der Waals surface area contributed by atoms with Gasteiger partial charge in [0.25, 0.3) is 0 Å². The maximum atomic E-state index is 3.90. The maximum absolute atomic E-state index is 3.90. The van der Waals surface area contributed by atoms with Crippen LogP contribution in [0.5, 0.6) is 0 Å². The van der Waals surface area contributed by atoms with E-state index in [0.717, 1.165) is 5.52 Å². The lowest BCUT2D eigenvalue weighted by molar-refractivity contribution is 0.735. The lowest BCUT2D eigenvalue weighted by Crippen LogP contribution is -1.89. The molecule has 0 saturated heterocycles. The van der Waals surface area contributed by atoms with Crippen LogP contribution in [0.3, 0.4) is 0 Å². The summed E-state index contributed by atoms with van der Waals surface area (Å²) in [6.45, 7) is 4.00. The van der Waals surface area contributed by atoms with Gasteiger partial charge in [-0.25, -0.2) is 14.6 Å². The quantitative estimate of drug-likeness (QED) is 0.579. The number of aromatic nitrogens is 5. The lowest BCUT2D eigenvalue weighted by Gasteiger charge is -1.86. The molecule has 0 atom stereocenters. The minimum atomic E-state index is 0.637. The van der Waals surface area contributed by atoms with Gasteiger partial charge in [-0.05, 0) is 0 Å². The van der Waals surface area contributed by atoms with Crippen molar-refractivity contribution in [1.29, 1.82) is 0 Å². The Morgan fingerprint density at radius 2 is 2.08 bits per heavy atom. The van der Waals surface area contributed by atoms with E-state index < -0.39 is 0 Å². The van der Waals surface area contributed by atoms with Crippen molar-refractivity contribution in [3.05, 3.63) is 12.5 Å². The van der Waals surface area contributed by atoms with Gasteiger partial charge in [0, 0.05) is 7.05 Å². The third-order valence-electron chi connectivity index (χ3n) is 1.29. The average molecular weight is 165 g/mol. The van der Waals surface area contributed by atoms with Gasteiger partial charge in [-0.1, -0.05) is 19.1 Å². The fraction of sp³-hybridized carbons (Fsp3) is 0.429. The Morgan fingerprint density at radius 3 is 2.75 bits per heavy atom. The Balaban J connectivity index is 0.000000336. The molecular formula is C7H11N5. The largest absolute Gasteiger partial charge is 0.244 e. The van der Waals surface area contributed by atoms with Crippen LogP contribution in [0.4, 0.5) is 0 Å². The second-order valence-corrected chi connectivity index (χ2v) is 1.94. The van der Waals surface area contributed by atoms with Crippen LogP contribution in [0.1, 0.15) is 13.8 Å². The van der Waals surface area contributed by atoms with Crippen molar-refractivity contribution in [2.75, 3.05) is 0 Å². The van der Waals surface area contributed by atoms with Gasteiger partial charge in [0.1, 0.15) is 11.8 Å². The molecule has 2 heterocycles. The number of nitrogens with zero attached hydrogens (tertiary/aromatic N) is 5. The zero-order valence-electron chi connectivity index (χ0n) is 7.39. The normalized spacial score (nSPS) is 9.25. The fourth-order valence-corrected chi connectivity index (χ4v) is 0.779. The lowest BCUT2D eigenvalue weighted by atomic mass is 10.6. The van der Waals surface area contributed by atoms with E-state index in [-0.39, 0.29) is 0 Å². The van der Waals surface area contributed by atoms with E-state index in [1.807, 2.05) is 13.8 Å². The minimum absolute atomic E-state index is 0.637. The van der Waals surface area contributed by atoms with Crippen molar-refractivity contribution in [2.45, 2.75) is 13.8 Å². The predicted octanol–water partition coefficient (Wildman–Crippen LogP) is 0.784. The van der Waals surface area contributed by atoms with Gasteiger partial charge in [0.2, 0.25) is 5.65 Å². The molecule has 0 fully saturated rings. The third-order valence-corrected chi connectivity index (χ3v) is 1.29. The number of fused-ring (bicyclic) bond motifs is 1. The van der Waals surface area contributed by atoms with Crippen molar-refractivity contribution in [3.8, 4) is 0 Å². The van der Waals surface area contributed by atoms with Crippen LogP contribution < -0.4 is 0 Å². The van der Waals surface area contributed by atoms with E-state index in [1.165, 1.54) is 6.33 Å². The summed E-state index contributed by atoms with van der Waals surface area (Å²) in [6.07, 6.45) is 3.14. The first-order valence-corrected chi connectivity index (χ1v) is 3.83. The van der Waals surface area contributed by atoms with Crippen LogP contribution in [0, 0.1) is 0 Å². The van der Waals surface area contributed by atoms with Crippen LogP contribution in [0.2, 0.25) is 0 Å². The first kappa shape index (κ1) is 8.58. The van der Waals surface area contributed by atoms with Crippen molar-refractivity contribution >= 4 is 11.2 Å². The summed E-state index contributed by atoms with van der Waals surface area (Å²) in [5, 5.41) is 7.54. The highest BCUT2D eigenvalue weighted by Crippen LogP contribution is 2.01. The molecule has 12 heavy (non-hydrogen) atoms. The first-order valence-electron chi connectivity index (χ1n) is 3.83. The molecule has 64 valence electrons. The zero-order chi connectivity index (χ0) is 8.97. The standard InChI is InChI=1S/C5H5N5.C2H6/c1-10-4-2-6-3-7-5(4)8-9-10;1-2/h2-3H,1H3;1-2H3. The molecule has 0 spiro atoms. The highest BCUT2D eigenvalue weighted by molar-refractivity contribution is 5.67.